The normalized spacial score (nSPS) is 12.6. The monoisotopic (exact) mass is 234 g/mol. The van der Waals surface area contributed by atoms with Crippen LogP contribution in [0.1, 0.15) is 63.5 Å². The molecule has 1 atom stereocenters. The molecule has 0 saturated heterocycles. The lowest BCUT2D eigenvalue weighted by molar-refractivity contribution is 0.477. The summed E-state index contributed by atoms with van der Waals surface area (Å²) in [7, 11) is 0. The predicted molar refractivity (Wildman–Crippen MR) is 74.5 cm³/mol. The summed E-state index contributed by atoms with van der Waals surface area (Å²) in [6.45, 7) is 2.25. The van der Waals surface area contributed by atoms with E-state index >= 15 is 0 Å². The summed E-state index contributed by atoms with van der Waals surface area (Å²) >= 11 is 0. The zero-order chi connectivity index (χ0) is 12.3. The molecule has 0 heterocycles. The molecule has 96 valence electrons. The molecule has 1 aromatic rings. The van der Waals surface area contributed by atoms with Gasteiger partial charge in [0.2, 0.25) is 0 Å². The summed E-state index contributed by atoms with van der Waals surface area (Å²) in [6.07, 6.45) is 9.14. The molecule has 0 fully saturated rings. The van der Waals surface area contributed by atoms with E-state index in [1.165, 1.54) is 44.1 Å². The average molecular weight is 234 g/mol. The highest BCUT2D eigenvalue weighted by molar-refractivity contribution is 5.18. The maximum absolute atomic E-state index is 5.62. The van der Waals surface area contributed by atoms with Crippen molar-refractivity contribution in [3.05, 3.63) is 35.9 Å². The Hall–Kier alpha value is -0.860. The number of hydrazine groups is 1. The average Bonchev–Trinajstić information content (AvgIpc) is 2.39. The molecule has 1 aromatic carbocycles. The fourth-order valence-electron chi connectivity index (χ4n) is 2.16. The fraction of sp³-hybridized carbons (Fsp3) is 0.600. The topological polar surface area (TPSA) is 38.0 Å². The second-order valence-electron chi connectivity index (χ2n) is 4.69. The Morgan fingerprint density at radius 3 is 2.29 bits per heavy atom. The maximum Gasteiger partial charge on any atom is 0.0460 e. The highest BCUT2D eigenvalue weighted by Gasteiger charge is 2.07. The van der Waals surface area contributed by atoms with Crippen LogP contribution in [0.3, 0.4) is 0 Å². The lowest BCUT2D eigenvalue weighted by Crippen LogP contribution is -2.27. The molecule has 0 aliphatic heterocycles. The largest absolute Gasteiger partial charge is 0.271 e. The summed E-state index contributed by atoms with van der Waals surface area (Å²) in [6, 6.07) is 10.8. The van der Waals surface area contributed by atoms with Crippen LogP contribution in [0.15, 0.2) is 30.3 Å². The number of unbranched alkanes of at least 4 members (excludes halogenated alkanes) is 5. The van der Waals surface area contributed by atoms with E-state index in [1.807, 2.05) is 6.07 Å². The Labute approximate surface area is 106 Å². The molecule has 0 aromatic heterocycles. The van der Waals surface area contributed by atoms with E-state index in [0.717, 1.165) is 6.42 Å². The second-order valence-corrected chi connectivity index (χ2v) is 4.69. The Morgan fingerprint density at radius 2 is 1.65 bits per heavy atom. The van der Waals surface area contributed by atoms with Crippen molar-refractivity contribution in [3.8, 4) is 0 Å². The van der Waals surface area contributed by atoms with E-state index in [2.05, 4.69) is 36.6 Å². The SMILES string of the molecule is CCCCCCCCC(NN)c1ccccc1. The zero-order valence-corrected chi connectivity index (χ0v) is 11.0. The summed E-state index contributed by atoms with van der Waals surface area (Å²) in [5, 5.41) is 0. The van der Waals surface area contributed by atoms with Crippen molar-refractivity contribution >= 4 is 0 Å². The molecule has 0 bridgehead atoms. The van der Waals surface area contributed by atoms with Crippen LogP contribution in [-0.2, 0) is 0 Å². The summed E-state index contributed by atoms with van der Waals surface area (Å²) < 4.78 is 0. The molecule has 2 heteroatoms. The van der Waals surface area contributed by atoms with Gasteiger partial charge < -0.3 is 0 Å². The lowest BCUT2D eigenvalue weighted by atomic mass is 10.0. The number of nitrogens with one attached hydrogen (secondary N) is 1. The van der Waals surface area contributed by atoms with E-state index in [0.29, 0.717) is 6.04 Å². The van der Waals surface area contributed by atoms with Gasteiger partial charge in [0, 0.05) is 6.04 Å². The minimum Gasteiger partial charge on any atom is -0.271 e. The quantitative estimate of drug-likeness (QED) is 0.386. The molecule has 0 aliphatic rings. The van der Waals surface area contributed by atoms with Crippen molar-refractivity contribution < 1.29 is 0 Å². The van der Waals surface area contributed by atoms with Crippen molar-refractivity contribution in [2.45, 2.75) is 57.9 Å². The van der Waals surface area contributed by atoms with Gasteiger partial charge in [-0.3, -0.25) is 11.3 Å². The van der Waals surface area contributed by atoms with Gasteiger partial charge in [-0.15, -0.1) is 0 Å². The molecular weight excluding hydrogens is 208 g/mol. The molecule has 0 amide bonds. The van der Waals surface area contributed by atoms with E-state index in [-0.39, 0.29) is 0 Å². The smallest absolute Gasteiger partial charge is 0.0460 e. The molecule has 0 aliphatic carbocycles. The maximum atomic E-state index is 5.62. The minimum absolute atomic E-state index is 0.308. The van der Waals surface area contributed by atoms with Gasteiger partial charge in [0.05, 0.1) is 0 Å². The molecule has 3 N–H and O–H groups in total. The number of hydrogen-bond acceptors (Lipinski definition) is 2. The van der Waals surface area contributed by atoms with Crippen LogP contribution < -0.4 is 11.3 Å². The van der Waals surface area contributed by atoms with Crippen LogP contribution in [-0.4, -0.2) is 0 Å². The summed E-state index contributed by atoms with van der Waals surface area (Å²) in [5.74, 6) is 5.62. The van der Waals surface area contributed by atoms with Crippen molar-refractivity contribution in [1.82, 2.24) is 5.43 Å². The first-order valence-electron chi connectivity index (χ1n) is 6.89. The molecular formula is C15H26N2. The minimum atomic E-state index is 0.308. The van der Waals surface area contributed by atoms with Crippen molar-refractivity contribution in [1.29, 1.82) is 0 Å². The molecule has 0 spiro atoms. The standard InChI is InChI=1S/C15H26N2/c1-2-3-4-5-6-10-13-15(17-16)14-11-8-7-9-12-14/h7-9,11-12,15,17H,2-6,10,13,16H2,1H3. The third-order valence-electron chi connectivity index (χ3n) is 3.25. The molecule has 0 radical (unpaired) electrons. The molecule has 1 unspecified atom stereocenters. The van der Waals surface area contributed by atoms with Crippen LogP contribution in [0.4, 0.5) is 0 Å². The fourth-order valence-corrected chi connectivity index (χ4v) is 2.16. The van der Waals surface area contributed by atoms with Crippen LogP contribution >= 0.6 is 0 Å². The highest BCUT2D eigenvalue weighted by atomic mass is 15.2. The third-order valence-corrected chi connectivity index (χ3v) is 3.25. The first kappa shape index (κ1) is 14.2. The Morgan fingerprint density at radius 1 is 1.00 bits per heavy atom. The van der Waals surface area contributed by atoms with E-state index in [4.69, 9.17) is 5.84 Å². The van der Waals surface area contributed by atoms with Gasteiger partial charge in [-0.1, -0.05) is 75.8 Å². The van der Waals surface area contributed by atoms with Crippen molar-refractivity contribution in [2.24, 2.45) is 5.84 Å². The highest BCUT2D eigenvalue weighted by Crippen LogP contribution is 2.19. The van der Waals surface area contributed by atoms with Gasteiger partial charge in [-0.25, -0.2) is 0 Å². The van der Waals surface area contributed by atoms with Crippen molar-refractivity contribution in [3.63, 3.8) is 0 Å². The van der Waals surface area contributed by atoms with Crippen LogP contribution in [0.25, 0.3) is 0 Å². The van der Waals surface area contributed by atoms with Gasteiger partial charge >= 0.3 is 0 Å². The Kier molecular flexibility index (Phi) is 7.69. The molecule has 17 heavy (non-hydrogen) atoms. The number of nitrogens with two attached hydrogens (primary N) is 1. The number of benzene rings is 1. The van der Waals surface area contributed by atoms with Crippen LogP contribution in [0.5, 0.6) is 0 Å². The van der Waals surface area contributed by atoms with Gasteiger partial charge in [0.25, 0.3) is 0 Å². The van der Waals surface area contributed by atoms with Crippen molar-refractivity contribution in [2.75, 3.05) is 0 Å². The molecule has 1 rings (SSSR count). The lowest BCUT2D eigenvalue weighted by Gasteiger charge is -2.16. The first-order valence-corrected chi connectivity index (χ1v) is 6.89. The van der Waals surface area contributed by atoms with Crippen LogP contribution in [0.2, 0.25) is 0 Å². The predicted octanol–water partition coefficient (Wildman–Crippen LogP) is 3.94. The van der Waals surface area contributed by atoms with E-state index in [9.17, 15) is 0 Å². The molecule has 2 nitrogen and oxygen atoms in total. The number of hydrogen-bond donors (Lipinski definition) is 2. The van der Waals surface area contributed by atoms with Gasteiger partial charge in [-0.05, 0) is 12.0 Å². The zero-order valence-electron chi connectivity index (χ0n) is 11.0. The summed E-state index contributed by atoms with van der Waals surface area (Å²) in [4.78, 5) is 0. The van der Waals surface area contributed by atoms with Gasteiger partial charge in [0.15, 0.2) is 0 Å². The second kappa shape index (κ2) is 9.20. The Balaban J connectivity index is 2.20. The van der Waals surface area contributed by atoms with E-state index < -0.39 is 0 Å². The first-order chi connectivity index (χ1) is 8.38. The van der Waals surface area contributed by atoms with Gasteiger partial charge in [-0.2, -0.15) is 0 Å². The number of rotatable bonds is 9. The van der Waals surface area contributed by atoms with E-state index in [1.54, 1.807) is 0 Å². The van der Waals surface area contributed by atoms with Gasteiger partial charge in [0.1, 0.15) is 0 Å². The van der Waals surface area contributed by atoms with Crippen LogP contribution in [0, 0.1) is 0 Å². The molecule has 0 saturated carbocycles. The third kappa shape index (κ3) is 5.85. The summed E-state index contributed by atoms with van der Waals surface area (Å²) in [5.41, 5.74) is 4.22. The Bertz CT molecular complexity index is 272.